The van der Waals surface area contributed by atoms with Crippen LogP contribution in [0.3, 0.4) is 0 Å². The van der Waals surface area contributed by atoms with Gasteiger partial charge < -0.3 is 5.73 Å². The lowest BCUT2D eigenvalue weighted by molar-refractivity contribution is 0.313. The maximum atomic E-state index is 14.2. The van der Waals surface area contributed by atoms with E-state index in [1.807, 2.05) is 25.2 Å². The van der Waals surface area contributed by atoms with Gasteiger partial charge in [0.15, 0.2) is 0 Å². The molecule has 0 unspecified atom stereocenters. The normalized spacial score (nSPS) is 10.8. The maximum Gasteiger partial charge on any atom is 0.137 e. The quantitative estimate of drug-likeness (QED) is 0.857. The molecule has 0 bridgehead atoms. The average Bonchev–Trinajstić information content (AvgIpc) is 2.42. The van der Waals surface area contributed by atoms with Crippen LogP contribution in [0.2, 0.25) is 0 Å². The van der Waals surface area contributed by atoms with E-state index in [9.17, 15) is 4.39 Å². The molecule has 4 heteroatoms. The molecule has 0 radical (unpaired) electrons. The van der Waals surface area contributed by atoms with Crippen LogP contribution in [0.25, 0.3) is 0 Å². The van der Waals surface area contributed by atoms with Crippen molar-refractivity contribution in [2.75, 3.05) is 7.05 Å². The molecule has 2 rings (SSSR count). The third-order valence-corrected chi connectivity index (χ3v) is 3.30. The van der Waals surface area contributed by atoms with E-state index in [1.54, 1.807) is 18.2 Å². The Morgan fingerprint density at radius 3 is 2.45 bits per heavy atom. The Balaban J connectivity index is 2.10. The van der Waals surface area contributed by atoms with Gasteiger partial charge in [0.1, 0.15) is 10.8 Å². The van der Waals surface area contributed by atoms with Crippen molar-refractivity contribution < 1.29 is 4.39 Å². The summed E-state index contributed by atoms with van der Waals surface area (Å²) in [5.41, 5.74) is 7.63. The van der Waals surface area contributed by atoms with E-state index in [4.69, 9.17) is 18.0 Å². The Kier molecular flexibility index (Phi) is 4.82. The number of nitrogens with two attached hydrogens (primary N) is 1. The predicted molar refractivity (Wildman–Crippen MR) is 83.9 cm³/mol. The average molecular weight is 288 g/mol. The topological polar surface area (TPSA) is 29.3 Å². The van der Waals surface area contributed by atoms with Crippen molar-refractivity contribution in [3.8, 4) is 0 Å². The number of hydrogen-bond acceptors (Lipinski definition) is 2. The standard InChI is InChI=1S/C16H17FN2S/c1-19(10-12-6-3-2-4-7-12)11-13-8-5-9-14(15(13)17)16(18)20/h2-9H,10-11H2,1H3,(H2,18,20). The SMILES string of the molecule is CN(Cc1ccccc1)Cc1cccc(C(N)=S)c1F. The summed E-state index contributed by atoms with van der Waals surface area (Å²) in [6.07, 6.45) is 0. The molecule has 0 aliphatic heterocycles. The summed E-state index contributed by atoms with van der Waals surface area (Å²) in [5.74, 6) is -0.320. The highest BCUT2D eigenvalue weighted by Crippen LogP contribution is 2.15. The van der Waals surface area contributed by atoms with Crippen molar-refractivity contribution >= 4 is 17.2 Å². The fourth-order valence-corrected chi connectivity index (χ4v) is 2.29. The molecule has 2 aromatic rings. The van der Waals surface area contributed by atoms with Gasteiger partial charge in [-0.25, -0.2) is 4.39 Å². The second-order valence-corrected chi connectivity index (χ2v) is 5.24. The first kappa shape index (κ1) is 14.6. The number of halogens is 1. The Hall–Kier alpha value is -1.78. The molecule has 0 spiro atoms. The highest BCUT2D eigenvalue weighted by molar-refractivity contribution is 7.80. The molecule has 0 heterocycles. The molecule has 2 aromatic carbocycles. The third kappa shape index (κ3) is 3.62. The van der Waals surface area contributed by atoms with Crippen LogP contribution in [0.15, 0.2) is 48.5 Å². The summed E-state index contributed by atoms with van der Waals surface area (Å²) in [6, 6.07) is 15.2. The van der Waals surface area contributed by atoms with E-state index in [-0.39, 0.29) is 10.8 Å². The van der Waals surface area contributed by atoms with Crippen molar-refractivity contribution in [2.45, 2.75) is 13.1 Å². The first-order valence-corrected chi connectivity index (χ1v) is 6.78. The number of hydrogen-bond donors (Lipinski definition) is 1. The zero-order valence-corrected chi connectivity index (χ0v) is 12.2. The van der Waals surface area contributed by atoms with Crippen molar-refractivity contribution in [1.29, 1.82) is 0 Å². The fourth-order valence-electron chi connectivity index (χ4n) is 2.13. The zero-order valence-electron chi connectivity index (χ0n) is 11.3. The summed E-state index contributed by atoms with van der Waals surface area (Å²) >= 11 is 4.85. The second-order valence-electron chi connectivity index (χ2n) is 4.80. The molecule has 2 nitrogen and oxygen atoms in total. The van der Waals surface area contributed by atoms with Gasteiger partial charge in [-0.3, -0.25) is 4.90 Å². The molecule has 104 valence electrons. The Labute approximate surface area is 124 Å². The molecular formula is C16H17FN2S. The minimum absolute atomic E-state index is 0.0927. The van der Waals surface area contributed by atoms with Gasteiger partial charge in [0.2, 0.25) is 0 Å². The van der Waals surface area contributed by atoms with Gasteiger partial charge in [-0.1, -0.05) is 54.7 Å². The van der Waals surface area contributed by atoms with Crippen molar-refractivity contribution in [2.24, 2.45) is 5.73 Å². The summed E-state index contributed by atoms with van der Waals surface area (Å²) < 4.78 is 14.2. The Morgan fingerprint density at radius 1 is 1.10 bits per heavy atom. The van der Waals surface area contributed by atoms with Gasteiger partial charge >= 0.3 is 0 Å². The number of rotatable bonds is 5. The maximum absolute atomic E-state index is 14.2. The van der Waals surface area contributed by atoms with Crippen LogP contribution in [0.1, 0.15) is 16.7 Å². The van der Waals surface area contributed by atoms with Crippen LogP contribution >= 0.6 is 12.2 Å². The molecule has 0 aliphatic carbocycles. The first-order chi connectivity index (χ1) is 9.58. The van der Waals surface area contributed by atoms with E-state index in [0.29, 0.717) is 17.7 Å². The molecule has 0 aromatic heterocycles. The number of nitrogens with zero attached hydrogens (tertiary/aromatic N) is 1. The van der Waals surface area contributed by atoms with E-state index in [0.717, 1.165) is 6.54 Å². The lowest BCUT2D eigenvalue weighted by atomic mass is 10.1. The van der Waals surface area contributed by atoms with Crippen molar-refractivity contribution in [3.05, 3.63) is 71.0 Å². The van der Waals surface area contributed by atoms with E-state index in [1.165, 1.54) is 5.56 Å². The van der Waals surface area contributed by atoms with Crippen LogP contribution in [0.4, 0.5) is 4.39 Å². The number of thiocarbonyl (C=S) groups is 1. The predicted octanol–water partition coefficient (Wildman–Crippen LogP) is 3.09. The lowest BCUT2D eigenvalue weighted by Crippen LogP contribution is -2.19. The van der Waals surface area contributed by atoms with Crippen molar-refractivity contribution in [1.82, 2.24) is 4.90 Å². The summed E-state index contributed by atoms with van der Waals surface area (Å²) in [6.45, 7) is 1.27. The van der Waals surface area contributed by atoms with E-state index in [2.05, 4.69) is 17.0 Å². The molecule has 0 aliphatic rings. The summed E-state index contributed by atoms with van der Waals surface area (Å²) in [7, 11) is 1.96. The molecule has 0 amide bonds. The number of benzene rings is 2. The summed E-state index contributed by atoms with van der Waals surface area (Å²) in [5, 5.41) is 0. The molecular weight excluding hydrogens is 271 g/mol. The second kappa shape index (κ2) is 6.59. The van der Waals surface area contributed by atoms with Crippen LogP contribution < -0.4 is 5.73 Å². The molecule has 20 heavy (non-hydrogen) atoms. The molecule has 0 saturated heterocycles. The van der Waals surface area contributed by atoms with Crippen LogP contribution in [0, 0.1) is 5.82 Å². The van der Waals surface area contributed by atoms with Gasteiger partial charge in [0, 0.05) is 24.2 Å². The van der Waals surface area contributed by atoms with Gasteiger partial charge in [-0.15, -0.1) is 0 Å². The fraction of sp³-hybridized carbons (Fsp3) is 0.188. The van der Waals surface area contributed by atoms with E-state index >= 15 is 0 Å². The highest BCUT2D eigenvalue weighted by atomic mass is 32.1. The van der Waals surface area contributed by atoms with Crippen LogP contribution in [0.5, 0.6) is 0 Å². The van der Waals surface area contributed by atoms with Gasteiger partial charge in [-0.2, -0.15) is 0 Å². The van der Waals surface area contributed by atoms with Crippen LogP contribution in [-0.4, -0.2) is 16.9 Å². The Morgan fingerprint density at radius 2 is 1.80 bits per heavy atom. The van der Waals surface area contributed by atoms with Gasteiger partial charge in [0.25, 0.3) is 0 Å². The minimum atomic E-state index is -0.320. The lowest BCUT2D eigenvalue weighted by Gasteiger charge is -2.18. The van der Waals surface area contributed by atoms with Crippen LogP contribution in [-0.2, 0) is 13.1 Å². The molecule has 0 atom stereocenters. The minimum Gasteiger partial charge on any atom is -0.389 e. The monoisotopic (exact) mass is 288 g/mol. The zero-order chi connectivity index (χ0) is 14.5. The smallest absolute Gasteiger partial charge is 0.137 e. The van der Waals surface area contributed by atoms with E-state index < -0.39 is 0 Å². The molecule has 2 N–H and O–H groups in total. The summed E-state index contributed by atoms with van der Waals surface area (Å²) in [4.78, 5) is 2.15. The van der Waals surface area contributed by atoms with Gasteiger partial charge in [-0.05, 0) is 18.7 Å². The highest BCUT2D eigenvalue weighted by Gasteiger charge is 2.11. The third-order valence-electron chi connectivity index (χ3n) is 3.08. The largest absolute Gasteiger partial charge is 0.389 e. The van der Waals surface area contributed by atoms with Crippen molar-refractivity contribution in [3.63, 3.8) is 0 Å². The van der Waals surface area contributed by atoms with Gasteiger partial charge in [0.05, 0.1) is 0 Å². The first-order valence-electron chi connectivity index (χ1n) is 6.37. The molecule has 0 fully saturated rings. The molecule has 0 saturated carbocycles. The Bertz CT molecular complexity index is 599.